The Morgan fingerprint density at radius 1 is 1.24 bits per heavy atom. The van der Waals surface area contributed by atoms with E-state index >= 15 is 0 Å². The fourth-order valence-corrected chi connectivity index (χ4v) is 2.92. The van der Waals surface area contributed by atoms with Crippen LogP contribution >= 0.6 is 11.8 Å². The summed E-state index contributed by atoms with van der Waals surface area (Å²) in [5.74, 6) is -0.0484. The number of thioether (sulfide) groups is 1. The van der Waals surface area contributed by atoms with E-state index in [1.54, 1.807) is 0 Å². The van der Waals surface area contributed by atoms with Gasteiger partial charge in [0.2, 0.25) is 0 Å². The summed E-state index contributed by atoms with van der Waals surface area (Å²) in [6.45, 7) is 6.17. The number of hydrogen-bond acceptors (Lipinski definition) is 2. The van der Waals surface area contributed by atoms with Gasteiger partial charge in [0.15, 0.2) is 0 Å². The monoisotopic (exact) mass is 304 g/mol. The van der Waals surface area contributed by atoms with Gasteiger partial charge < -0.3 is 5.11 Å². The highest BCUT2D eigenvalue weighted by molar-refractivity contribution is 8.00. The SMILES string of the molecule is CC(C)=CCCC(C)=CC(SCc1ccccc1)C(=O)O. The Labute approximate surface area is 132 Å². The summed E-state index contributed by atoms with van der Waals surface area (Å²) in [7, 11) is 0. The summed E-state index contributed by atoms with van der Waals surface area (Å²) < 4.78 is 0. The van der Waals surface area contributed by atoms with E-state index in [1.165, 1.54) is 17.3 Å². The highest BCUT2D eigenvalue weighted by Gasteiger charge is 2.15. The Morgan fingerprint density at radius 3 is 2.48 bits per heavy atom. The molecule has 0 fully saturated rings. The predicted molar refractivity (Wildman–Crippen MR) is 91.6 cm³/mol. The van der Waals surface area contributed by atoms with Crippen LogP contribution in [0.3, 0.4) is 0 Å². The molecule has 1 aromatic carbocycles. The van der Waals surface area contributed by atoms with Gasteiger partial charge in [0.25, 0.3) is 0 Å². The molecule has 1 N–H and O–H groups in total. The average Bonchev–Trinajstić information content (AvgIpc) is 2.43. The van der Waals surface area contributed by atoms with E-state index < -0.39 is 11.2 Å². The van der Waals surface area contributed by atoms with Crippen molar-refractivity contribution in [1.82, 2.24) is 0 Å². The van der Waals surface area contributed by atoms with Crippen LogP contribution < -0.4 is 0 Å². The van der Waals surface area contributed by atoms with Crippen molar-refractivity contribution in [1.29, 1.82) is 0 Å². The van der Waals surface area contributed by atoms with E-state index in [-0.39, 0.29) is 0 Å². The maximum Gasteiger partial charge on any atom is 0.320 e. The molecule has 0 saturated heterocycles. The van der Waals surface area contributed by atoms with Gasteiger partial charge in [-0.2, -0.15) is 0 Å². The van der Waals surface area contributed by atoms with Crippen LogP contribution in [0.1, 0.15) is 39.2 Å². The molecule has 2 nitrogen and oxygen atoms in total. The Bertz CT molecular complexity index is 499. The van der Waals surface area contributed by atoms with Crippen LogP contribution in [0.25, 0.3) is 0 Å². The second-order valence-corrected chi connectivity index (χ2v) is 6.52. The lowest BCUT2D eigenvalue weighted by Gasteiger charge is -2.09. The molecule has 0 aliphatic carbocycles. The van der Waals surface area contributed by atoms with Gasteiger partial charge >= 0.3 is 5.97 Å². The van der Waals surface area contributed by atoms with E-state index in [4.69, 9.17) is 0 Å². The first-order valence-electron chi connectivity index (χ1n) is 7.18. The molecule has 0 heterocycles. The van der Waals surface area contributed by atoms with E-state index in [2.05, 4.69) is 19.9 Å². The molecule has 0 amide bonds. The molecule has 1 aromatic rings. The standard InChI is InChI=1S/C18H24O2S/c1-14(2)8-7-9-15(3)12-17(18(19)20)21-13-16-10-5-4-6-11-16/h4-6,8,10-12,17H,7,9,13H2,1-3H3,(H,19,20). The topological polar surface area (TPSA) is 37.3 Å². The summed E-state index contributed by atoms with van der Waals surface area (Å²) >= 11 is 1.46. The lowest BCUT2D eigenvalue weighted by molar-refractivity contribution is -0.135. The molecular weight excluding hydrogens is 280 g/mol. The highest BCUT2D eigenvalue weighted by atomic mass is 32.2. The van der Waals surface area contributed by atoms with E-state index in [1.807, 2.05) is 43.3 Å². The minimum Gasteiger partial charge on any atom is -0.480 e. The van der Waals surface area contributed by atoms with Gasteiger partial charge in [0.1, 0.15) is 5.25 Å². The van der Waals surface area contributed by atoms with E-state index in [0.717, 1.165) is 29.7 Å². The average molecular weight is 304 g/mol. The molecule has 0 radical (unpaired) electrons. The number of hydrogen-bond donors (Lipinski definition) is 1. The molecule has 3 heteroatoms. The van der Waals surface area contributed by atoms with Crippen LogP contribution in [-0.4, -0.2) is 16.3 Å². The third-order valence-corrected chi connectivity index (χ3v) is 4.24. The predicted octanol–water partition coefficient (Wildman–Crippen LogP) is 5.07. The number of carboxylic acid groups (broad SMARTS) is 1. The largest absolute Gasteiger partial charge is 0.480 e. The number of allylic oxidation sites excluding steroid dienone is 3. The van der Waals surface area contributed by atoms with Crippen molar-refractivity contribution >= 4 is 17.7 Å². The maximum atomic E-state index is 11.4. The van der Waals surface area contributed by atoms with Crippen molar-refractivity contribution in [3.63, 3.8) is 0 Å². The van der Waals surface area contributed by atoms with Crippen molar-refractivity contribution in [3.8, 4) is 0 Å². The van der Waals surface area contributed by atoms with Crippen molar-refractivity contribution < 1.29 is 9.90 Å². The Hall–Kier alpha value is -1.48. The first kappa shape index (κ1) is 17.6. The van der Waals surface area contributed by atoms with Crippen LogP contribution in [0, 0.1) is 0 Å². The Kier molecular flexibility index (Phi) is 7.91. The smallest absolute Gasteiger partial charge is 0.320 e. The van der Waals surface area contributed by atoms with Gasteiger partial charge in [-0.25, -0.2) is 0 Å². The van der Waals surface area contributed by atoms with Gasteiger partial charge in [0.05, 0.1) is 0 Å². The third kappa shape index (κ3) is 7.76. The second kappa shape index (κ2) is 9.46. The zero-order valence-corrected chi connectivity index (χ0v) is 13.8. The third-order valence-electron chi connectivity index (χ3n) is 3.04. The molecule has 1 rings (SSSR count). The van der Waals surface area contributed by atoms with E-state index in [9.17, 15) is 9.90 Å². The van der Waals surface area contributed by atoms with Crippen molar-refractivity contribution in [3.05, 3.63) is 59.2 Å². The molecule has 0 saturated carbocycles. The van der Waals surface area contributed by atoms with Gasteiger partial charge in [-0.3, -0.25) is 4.79 Å². The molecule has 1 unspecified atom stereocenters. The summed E-state index contributed by atoms with van der Waals surface area (Å²) in [5.41, 5.74) is 3.60. The maximum absolute atomic E-state index is 11.4. The number of aliphatic carboxylic acids is 1. The quantitative estimate of drug-likeness (QED) is 0.682. The second-order valence-electron chi connectivity index (χ2n) is 5.39. The Balaban J connectivity index is 2.56. The van der Waals surface area contributed by atoms with Gasteiger partial charge in [-0.05, 0) is 39.2 Å². The van der Waals surface area contributed by atoms with Crippen molar-refractivity contribution in [2.75, 3.05) is 0 Å². The number of carboxylic acids is 1. The normalized spacial score (nSPS) is 12.8. The van der Waals surface area contributed by atoms with Crippen LogP contribution in [0.4, 0.5) is 0 Å². The van der Waals surface area contributed by atoms with Gasteiger partial charge in [0, 0.05) is 5.75 Å². The number of carbonyl (C=O) groups is 1. The molecule has 0 bridgehead atoms. The summed E-state index contributed by atoms with van der Waals surface area (Å²) in [5, 5.41) is 8.86. The molecule has 114 valence electrons. The highest BCUT2D eigenvalue weighted by Crippen LogP contribution is 2.21. The summed E-state index contributed by atoms with van der Waals surface area (Å²) in [6, 6.07) is 9.98. The molecule has 0 aliphatic heterocycles. The lowest BCUT2D eigenvalue weighted by atomic mass is 10.1. The van der Waals surface area contributed by atoms with Gasteiger partial charge in [-0.1, -0.05) is 53.6 Å². The van der Waals surface area contributed by atoms with Crippen LogP contribution in [-0.2, 0) is 10.5 Å². The zero-order chi connectivity index (χ0) is 15.7. The molecule has 0 spiro atoms. The fraction of sp³-hybridized carbons (Fsp3) is 0.389. The first-order chi connectivity index (χ1) is 9.99. The van der Waals surface area contributed by atoms with Crippen molar-refractivity contribution in [2.24, 2.45) is 0 Å². The molecule has 1 atom stereocenters. The lowest BCUT2D eigenvalue weighted by Crippen LogP contribution is -2.14. The minimum absolute atomic E-state index is 0.475. The first-order valence-corrected chi connectivity index (χ1v) is 8.23. The molecule has 21 heavy (non-hydrogen) atoms. The Morgan fingerprint density at radius 2 is 1.90 bits per heavy atom. The molecule has 0 aromatic heterocycles. The molecule has 0 aliphatic rings. The fourth-order valence-electron chi connectivity index (χ4n) is 1.88. The van der Waals surface area contributed by atoms with Crippen molar-refractivity contribution in [2.45, 2.75) is 44.6 Å². The molecular formula is C18H24O2S. The van der Waals surface area contributed by atoms with E-state index in [0.29, 0.717) is 0 Å². The summed E-state index contributed by atoms with van der Waals surface area (Å²) in [4.78, 5) is 11.4. The number of benzene rings is 1. The van der Waals surface area contributed by atoms with Crippen LogP contribution in [0.2, 0.25) is 0 Å². The van der Waals surface area contributed by atoms with Crippen LogP contribution in [0.15, 0.2) is 53.6 Å². The zero-order valence-electron chi connectivity index (χ0n) is 13.0. The van der Waals surface area contributed by atoms with Crippen LogP contribution in [0.5, 0.6) is 0 Å². The number of rotatable bonds is 8. The summed E-state index contributed by atoms with van der Waals surface area (Å²) in [6.07, 6.45) is 5.96. The minimum atomic E-state index is -0.766. The van der Waals surface area contributed by atoms with Gasteiger partial charge in [-0.15, -0.1) is 11.8 Å².